The van der Waals surface area contributed by atoms with E-state index in [0.29, 0.717) is 10.7 Å². The maximum atomic E-state index is 5.97. The first kappa shape index (κ1) is 13.8. The summed E-state index contributed by atoms with van der Waals surface area (Å²) in [5.41, 5.74) is 1.57. The van der Waals surface area contributed by atoms with Crippen molar-refractivity contribution >= 4 is 63.3 Å². The number of halogens is 3. The van der Waals surface area contributed by atoms with Gasteiger partial charge in [-0.05, 0) is 35.7 Å². The van der Waals surface area contributed by atoms with E-state index in [1.807, 2.05) is 24.4 Å². The Morgan fingerprint density at radius 2 is 2.05 bits per heavy atom. The predicted octanol–water partition coefficient (Wildman–Crippen LogP) is 5.04. The second kappa shape index (κ2) is 5.69. The van der Waals surface area contributed by atoms with Gasteiger partial charge < -0.3 is 9.71 Å². The molecule has 0 fully saturated rings. The number of fused-ring (bicyclic) bond motifs is 1. The fourth-order valence-corrected chi connectivity index (χ4v) is 3.03. The highest BCUT2D eigenvalue weighted by Gasteiger charge is 2.08. The fraction of sp³-hybridized carbons (Fsp3) is 0. The lowest BCUT2D eigenvalue weighted by molar-refractivity contribution is 1.17. The molecule has 0 aliphatic rings. The van der Waals surface area contributed by atoms with Crippen molar-refractivity contribution in [3.8, 4) is 0 Å². The Morgan fingerprint density at radius 3 is 2.85 bits per heavy atom. The lowest BCUT2D eigenvalue weighted by Crippen LogP contribution is -1.92. The van der Waals surface area contributed by atoms with Crippen LogP contribution in [0.1, 0.15) is 0 Å². The second-order valence-corrected chi connectivity index (χ2v) is 5.87. The molecule has 0 saturated carbocycles. The van der Waals surface area contributed by atoms with Crippen molar-refractivity contribution < 1.29 is 0 Å². The number of hydrogen-bond donors (Lipinski definition) is 2. The van der Waals surface area contributed by atoms with Crippen LogP contribution in [0.4, 0.5) is 5.69 Å². The summed E-state index contributed by atoms with van der Waals surface area (Å²) < 4.78 is 3.10. The van der Waals surface area contributed by atoms with Crippen LogP contribution in [0, 0.1) is 0 Å². The lowest BCUT2D eigenvalue weighted by atomic mass is 10.2. The molecule has 2 N–H and O–H groups in total. The summed E-state index contributed by atoms with van der Waals surface area (Å²) in [7, 11) is 0. The molecule has 3 rings (SSSR count). The summed E-state index contributed by atoms with van der Waals surface area (Å²) in [6.07, 6.45) is 3.43. The minimum atomic E-state index is 0.118. The van der Waals surface area contributed by atoms with Crippen molar-refractivity contribution in [2.75, 3.05) is 4.72 Å². The van der Waals surface area contributed by atoms with Crippen LogP contribution in [0.2, 0.25) is 15.5 Å². The molecule has 0 saturated heterocycles. The summed E-state index contributed by atoms with van der Waals surface area (Å²) in [5.74, 6) is 0. The van der Waals surface area contributed by atoms with E-state index in [9.17, 15) is 0 Å². The Morgan fingerprint density at radius 1 is 1.20 bits per heavy atom. The van der Waals surface area contributed by atoms with Crippen LogP contribution in [0.3, 0.4) is 0 Å². The lowest BCUT2D eigenvalue weighted by Gasteiger charge is -2.05. The van der Waals surface area contributed by atoms with Crippen LogP contribution in [0.5, 0.6) is 0 Å². The number of nitrogens with zero attached hydrogens (tertiary/aromatic N) is 2. The zero-order valence-corrected chi connectivity index (χ0v) is 12.9. The van der Waals surface area contributed by atoms with Crippen LogP contribution in [0.25, 0.3) is 10.9 Å². The molecule has 4 nitrogen and oxygen atoms in total. The topological polar surface area (TPSA) is 53.6 Å². The van der Waals surface area contributed by atoms with E-state index in [1.165, 1.54) is 18.1 Å². The maximum absolute atomic E-state index is 5.97. The molecule has 0 spiro atoms. The SMILES string of the molecule is Clc1ccc2c(SNc3cnc(Cl)nc3Cl)c[nH]c2c1. The molecule has 0 atom stereocenters. The molecular formula is C12H7Cl3N4S. The van der Waals surface area contributed by atoms with Gasteiger partial charge in [-0.25, -0.2) is 9.97 Å². The van der Waals surface area contributed by atoms with Crippen molar-refractivity contribution in [1.82, 2.24) is 15.0 Å². The van der Waals surface area contributed by atoms with Gasteiger partial charge in [0.1, 0.15) is 5.69 Å². The number of H-pyrrole nitrogens is 1. The fourth-order valence-electron chi connectivity index (χ4n) is 1.68. The molecule has 0 aliphatic carbocycles. The van der Waals surface area contributed by atoms with E-state index in [1.54, 1.807) is 0 Å². The Labute approximate surface area is 134 Å². The van der Waals surface area contributed by atoms with Gasteiger partial charge in [0.15, 0.2) is 5.15 Å². The van der Waals surface area contributed by atoms with E-state index in [-0.39, 0.29) is 10.4 Å². The van der Waals surface area contributed by atoms with Gasteiger partial charge in [0.2, 0.25) is 5.28 Å². The number of hydrogen-bond acceptors (Lipinski definition) is 4. The first-order valence-electron chi connectivity index (χ1n) is 5.51. The minimum absolute atomic E-state index is 0.118. The highest BCUT2D eigenvalue weighted by Crippen LogP contribution is 2.31. The molecular weight excluding hydrogens is 339 g/mol. The molecule has 20 heavy (non-hydrogen) atoms. The smallest absolute Gasteiger partial charge is 0.223 e. The summed E-state index contributed by atoms with van der Waals surface area (Å²) >= 11 is 19.0. The standard InChI is InChI=1S/C12H7Cl3N4S/c13-6-1-2-7-8(3-6)16-5-10(7)20-19-9-4-17-12(15)18-11(9)14/h1-5,16,19H. The molecule has 1 aromatic carbocycles. The highest BCUT2D eigenvalue weighted by atomic mass is 35.5. The van der Waals surface area contributed by atoms with Crippen LogP contribution in [0.15, 0.2) is 35.5 Å². The minimum Gasteiger partial charge on any atom is -0.360 e. The van der Waals surface area contributed by atoms with Gasteiger partial charge in [0.25, 0.3) is 0 Å². The van der Waals surface area contributed by atoms with Crippen molar-refractivity contribution in [2.24, 2.45) is 0 Å². The van der Waals surface area contributed by atoms with E-state index >= 15 is 0 Å². The van der Waals surface area contributed by atoms with E-state index in [0.717, 1.165) is 15.8 Å². The van der Waals surface area contributed by atoms with Gasteiger partial charge in [0.05, 0.1) is 11.1 Å². The summed E-state index contributed by atoms with van der Waals surface area (Å²) in [6, 6.07) is 5.68. The average molecular weight is 346 g/mol. The first-order chi connectivity index (χ1) is 9.63. The summed E-state index contributed by atoms with van der Waals surface area (Å²) in [4.78, 5) is 11.9. The van der Waals surface area contributed by atoms with Gasteiger partial charge in [-0.3, -0.25) is 0 Å². The van der Waals surface area contributed by atoms with Crippen molar-refractivity contribution in [3.05, 3.63) is 46.1 Å². The zero-order valence-electron chi connectivity index (χ0n) is 9.82. The second-order valence-electron chi connectivity index (χ2n) is 3.89. The Bertz CT molecular complexity index is 774. The number of aromatic nitrogens is 3. The third kappa shape index (κ3) is 2.81. The van der Waals surface area contributed by atoms with Crippen LogP contribution < -0.4 is 4.72 Å². The molecule has 102 valence electrons. The van der Waals surface area contributed by atoms with E-state index in [2.05, 4.69) is 19.7 Å². The van der Waals surface area contributed by atoms with Crippen LogP contribution in [-0.4, -0.2) is 15.0 Å². The van der Waals surface area contributed by atoms with Gasteiger partial charge >= 0.3 is 0 Å². The zero-order chi connectivity index (χ0) is 14.1. The van der Waals surface area contributed by atoms with Crippen LogP contribution in [-0.2, 0) is 0 Å². The van der Waals surface area contributed by atoms with Crippen molar-refractivity contribution in [3.63, 3.8) is 0 Å². The molecule has 0 radical (unpaired) electrons. The van der Waals surface area contributed by atoms with E-state index < -0.39 is 0 Å². The number of rotatable bonds is 3. The van der Waals surface area contributed by atoms with Crippen molar-refractivity contribution in [2.45, 2.75) is 4.90 Å². The molecule has 0 unspecified atom stereocenters. The number of anilines is 1. The van der Waals surface area contributed by atoms with Gasteiger partial charge in [-0.1, -0.05) is 29.3 Å². The molecule has 8 heteroatoms. The number of benzene rings is 1. The third-order valence-corrected chi connectivity index (χ3v) is 4.17. The average Bonchev–Trinajstić information content (AvgIpc) is 2.80. The van der Waals surface area contributed by atoms with Gasteiger partial charge in [-0.2, -0.15) is 0 Å². The highest BCUT2D eigenvalue weighted by molar-refractivity contribution is 8.00. The molecule has 2 heterocycles. The molecule has 3 aromatic rings. The molecule has 0 bridgehead atoms. The van der Waals surface area contributed by atoms with Gasteiger partial charge in [-0.15, -0.1) is 0 Å². The largest absolute Gasteiger partial charge is 0.360 e. The number of aromatic amines is 1. The predicted molar refractivity (Wildman–Crippen MR) is 84.8 cm³/mol. The Hall–Kier alpha value is -1.14. The van der Waals surface area contributed by atoms with Crippen molar-refractivity contribution in [1.29, 1.82) is 0 Å². The number of nitrogens with one attached hydrogen (secondary N) is 2. The third-order valence-electron chi connectivity index (χ3n) is 2.59. The first-order valence-corrected chi connectivity index (χ1v) is 7.46. The molecule has 0 amide bonds. The summed E-state index contributed by atoms with van der Waals surface area (Å²) in [6.45, 7) is 0. The maximum Gasteiger partial charge on any atom is 0.223 e. The normalized spacial score (nSPS) is 10.9. The monoisotopic (exact) mass is 344 g/mol. The van der Waals surface area contributed by atoms with Gasteiger partial charge in [0, 0.05) is 22.1 Å². The molecule has 0 aliphatic heterocycles. The quantitative estimate of drug-likeness (QED) is 0.397. The Balaban J connectivity index is 1.83. The van der Waals surface area contributed by atoms with Crippen LogP contribution >= 0.6 is 46.8 Å². The summed E-state index contributed by atoms with van der Waals surface area (Å²) in [5, 5.41) is 2.16. The molecule has 2 aromatic heterocycles. The Kier molecular flexibility index (Phi) is 3.94. The van der Waals surface area contributed by atoms with E-state index in [4.69, 9.17) is 34.8 Å².